The summed E-state index contributed by atoms with van der Waals surface area (Å²) in [5.74, 6) is -2.88. The highest BCUT2D eigenvalue weighted by Gasteiger charge is 2.38. The van der Waals surface area contributed by atoms with Crippen molar-refractivity contribution >= 4 is 17.5 Å². The second-order valence-corrected chi connectivity index (χ2v) is 4.47. The predicted molar refractivity (Wildman–Crippen MR) is 66.3 cm³/mol. The number of benzene rings is 1. The SMILES string of the molecule is COC(=O)C(=O)C1COc2c(ccc(C)c2C)C1=O. The Morgan fingerprint density at radius 2 is 2.00 bits per heavy atom. The number of rotatable bonds is 2. The van der Waals surface area contributed by atoms with Crippen LogP contribution in [0.1, 0.15) is 21.5 Å². The normalized spacial score (nSPS) is 17.4. The van der Waals surface area contributed by atoms with Crippen molar-refractivity contribution in [1.82, 2.24) is 0 Å². The lowest BCUT2D eigenvalue weighted by Gasteiger charge is -2.24. The summed E-state index contributed by atoms with van der Waals surface area (Å²) in [6.45, 7) is 3.64. The zero-order valence-electron chi connectivity index (χ0n) is 11.0. The smallest absolute Gasteiger partial charge is 0.375 e. The number of aryl methyl sites for hydroxylation is 1. The van der Waals surface area contributed by atoms with Crippen LogP contribution in [0.15, 0.2) is 12.1 Å². The minimum absolute atomic E-state index is 0.121. The van der Waals surface area contributed by atoms with E-state index in [-0.39, 0.29) is 12.4 Å². The van der Waals surface area contributed by atoms with Crippen LogP contribution in [-0.4, -0.2) is 31.3 Å². The number of ketones is 2. The van der Waals surface area contributed by atoms with Crippen LogP contribution in [-0.2, 0) is 14.3 Å². The first-order valence-electron chi connectivity index (χ1n) is 5.86. The average molecular weight is 262 g/mol. The largest absolute Gasteiger partial charge is 0.491 e. The first kappa shape index (κ1) is 13.3. The van der Waals surface area contributed by atoms with Crippen LogP contribution in [0.2, 0.25) is 0 Å². The Kier molecular flexibility index (Phi) is 3.38. The number of methoxy groups -OCH3 is 1. The van der Waals surface area contributed by atoms with E-state index in [1.807, 2.05) is 13.8 Å². The first-order chi connectivity index (χ1) is 8.97. The van der Waals surface area contributed by atoms with Crippen LogP contribution >= 0.6 is 0 Å². The van der Waals surface area contributed by atoms with E-state index in [1.165, 1.54) is 0 Å². The molecule has 1 aromatic rings. The van der Waals surface area contributed by atoms with Gasteiger partial charge >= 0.3 is 5.97 Å². The molecule has 0 N–H and O–H groups in total. The van der Waals surface area contributed by atoms with E-state index in [2.05, 4.69) is 4.74 Å². The summed E-state index contributed by atoms with van der Waals surface area (Å²) in [5.41, 5.74) is 2.22. The highest BCUT2D eigenvalue weighted by atomic mass is 16.5. The lowest BCUT2D eigenvalue weighted by atomic mass is 9.89. The molecule has 0 saturated heterocycles. The van der Waals surface area contributed by atoms with Crippen molar-refractivity contribution in [1.29, 1.82) is 0 Å². The van der Waals surface area contributed by atoms with Gasteiger partial charge in [0.1, 0.15) is 18.3 Å². The molecule has 1 aliphatic heterocycles. The zero-order valence-corrected chi connectivity index (χ0v) is 11.0. The standard InChI is InChI=1S/C14H14O5/c1-7-4-5-9-11(15)10(12(16)14(17)18-3)6-19-13(9)8(7)2/h4-5,10H,6H2,1-3H3. The van der Waals surface area contributed by atoms with Crippen LogP contribution < -0.4 is 4.74 Å². The van der Waals surface area contributed by atoms with Crippen molar-refractivity contribution in [2.24, 2.45) is 5.92 Å². The summed E-state index contributed by atoms with van der Waals surface area (Å²) in [5, 5.41) is 0. The monoisotopic (exact) mass is 262 g/mol. The molecule has 5 nitrogen and oxygen atoms in total. The molecule has 0 radical (unpaired) electrons. The molecule has 0 saturated carbocycles. The summed E-state index contributed by atoms with van der Waals surface area (Å²) in [4.78, 5) is 35.2. The van der Waals surface area contributed by atoms with Gasteiger partial charge in [0, 0.05) is 0 Å². The third-order valence-electron chi connectivity index (χ3n) is 3.36. The second-order valence-electron chi connectivity index (χ2n) is 4.47. The molecule has 1 unspecified atom stereocenters. The molecule has 19 heavy (non-hydrogen) atoms. The highest BCUT2D eigenvalue weighted by Crippen LogP contribution is 2.32. The van der Waals surface area contributed by atoms with Crippen molar-refractivity contribution < 1.29 is 23.9 Å². The maximum Gasteiger partial charge on any atom is 0.375 e. The molecule has 0 fully saturated rings. The van der Waals surface area contributed by atoms with Gasteiger partial charge in [0.05, 0.1) is 12.7 Å². The summed E-state index contributed by atoms with van der Waals surface area (Å²) in [6, 6.07) is 3.41. The molecule has 2 rings (SSSR count). The van der Waals surface area contributed by atoms with Gasteiger partial charge in [0.25, 0.3) is 5.78 Å². The third kappa shape index (κ3) is 2.12. The van der Waals surface area contributed by atoms with Crippen LogP contribution in [0.5, 0.6) is 5.75 Å². The molecule has 5 heteroatoms. The third-order valence-corrected chi connectivity index (χ3v) is 3.36. The summed E-state index contributed by atoms with van der Waals surface area (Å²) >= 11 is 0. The van der Waals surface area contributed by atoms with Crippen LogP contribution in [0.25, 0.3) is 0 Å². The number of hydrogen-bond acceptors (Lipinski definition) is 5. The fraction of sp³-hybridized carbons (Fsp3) is 0.357. The number of carbonyl (C=O) groups is 3. The van der Waals surface area contributed by atoms with Gasteiger partial charge in [-0.3, -0.25) is 9.59 Å². The minimum Gasteiger partial charge on any atom is -0.491 e. The number of fused-ring (bicyclic) bond motifs is 1. The van der Waals surface area contributed by atoms with Gasteiger partial charge in [0.2, 0.25) is 0 Å². The van der Waals surface area contributed by atoms with Crippen molar-refractivity contribution in [3.8, 4) is 5.75 Å². The molecule has 100 valence electrons. The molecular formula is C14H14O5. The van der Waals surface area contributed by atoms with Crippen molar-refractivity contribution in [2.45, 2.75) is 13.8 Å². The molecule has 0 spiro atoms. The lowest BCUT2D eigenvalue weighted by Crippen LogP contribution is -2.38. The predicted octanol–water partition coefficient (Wildman–Crippen LogP) is 1.24. The molecule has 1 aliphatic rings. The number of ether oxygens (including phenoxy) is 2. The van der Waals surface area contributed by atoms with Crippen LogP contribution in [0.4, 0.5) is 0 Å². The van der Waals surface area contributed by atoms with E-state index in [1.54, 1.807) is 12.1 Å². The summed E-state index contributed by atoms with van der Waals surface area (Å²) in [6.07, 6.45) is 0. The Labute approximate surface area is 110 Å². The molecule has 0 bridgehead atoms. The second kappa shape index (κ2) is 4.84. The minimum atomic E-state index is -1.11. The summed E-state index contributed by atoms with van der Waals surface area (Å²) in [7, 11) is 1.11. The first-order valence-corrected chi connectivity index (χ1v) is 5.86. The number of esters is 1. The van der Waals surface area contributed by atoms with Gasteiger partial charge < -0.3 is 9.47 Å². The molecule has 0 aliphatic carbocycles. The molecule has 0 amide bonds. The van der Waals surface area contributed by atoms with Crippen molar-refractivity contribution in [3.63, 3.8) is 0 Å². The van der Waals surface area contributed by atoms with E-state index in [9.17, 15) is 14.4 Å². The van der Waals surface area contributed by atoms with Crippen molar-refractivity contribution in [3.05, 3.63) is 28.8 Å². The van der Waals surface area contributed by atoms with Crippen LogP contribution in [0, 0.1) is 19.8 Å². The Morgan fingerprint density at radius 1 is 1.32 bits per heavy atom. The zero-order chi connectivity index (χ0) is 14.2. The van der Waals surface area contributed by atoms with Gasteiger partial charge in [-0.05, 0) is 31.0 Å². The van der Waals surface area contributed by atoms with E-state index < -0.39 is 17.7 Å². The van der Waals surface area contributed by atoms with E-state index in [4.69, 9.17) is 4.74 Å². The van der Waals surface area contributed by atoms with Gasteiger partial charge in [-0.2, -0.15) is 0 Å². The Balaban J connectivity index is 2.38. The van der Waals surface area contributed by atoms with Gasteiger partial charge in [-0.15, -0.1) is 0 Å². The van der Waals surface area contributed by atoms with Crippen LogP contribution in [0.3, 0.4) is 0 Å². The Hall–Kier alpha value is -2.17. The molecule has 1 aromatic carbocycles. The topological polar surface area (TPSA) is 69.7 Å². The molecule has 0 aromatic heterocycles. The number of hydrogen-bond donors (Lipinski definition) is 0. The quantitative estimate of drug-likeness (QED) is 0.455. The van der Waals surface area contributed by atoms with E-state index in [0.717, 1.165) is 18.2 Å². The maximum atomic E-state index is 12.2. The number of Topliss-reactive ketones (excluding diaryl/α,β-unsaturated/α-hetero) is 2. The Bertz CT molecular complexity index is 573. The molecule has 1 heterocycles. The average Bonchev–Trinajstić information content (AvgIpc) is 2.42. The maximum absolute atomic E-state index is 12.2. The van der Waals surface area contributed by atoms with Gasteiger partial charge in [0.15, 0.2) is 5.78 Å². The van der Waals surface area contributed by atoms with Gasteiger partial charge in [-0.1, -0.05) is 6.07 Å². The van der Waals surface area contributed by atoms with Crippen molar-refractivity contribution in [2.75, 3.05) is 13.7 Å². The Morgan fingerprint density at radius 3 is 2.63 bits per heavy atom. The van der Waals surface area contributed by atoms with E-state index >= 15 is 0 Å². The molecular weight excluding hydrogens is 248 g/mol. The number of carbonyl (C=O) groups excluding carboxylic acids is 3. The summed E-state index contributed by atoms with van der Waals surface area (Å²) < 4.78 is 9.83. The fourth-order valence-corrected chi connectivity index (χ4v) is 2.04. The highest BCUT2D eigenvalue weighted by molar-refractivity contribution is 6.39. The molecule has 1 atom stereocenters. The fourth-order valence-electron chi connectivity index (χ4n) is 2.04. The van der Waals surface area contributed by atoms with Gasteiger partial charge in [-0.25, -0.2) is 4.79 Å². The van der Waals surface area contributed by atoms with E-state index in [0.29, 0.717) is 11.3 Å². The lowest BCUT2D eigenvalue weighted by molar-refractivity contribution is -0.153.